The van der Waals surface area contributed by atoms with Crippen LogP contribution in [0.3, 0.4) is 0 Å². The summed E-state index contributed by atoms with van der Waals surface area (Å²) in [6.07, 6.45) is 10.9. The predicted molar refractivity (Wildman–Crippen MR) is 81.5 cm³/mol. The zero-order chi connectivity index (χ0) is 14.7. The molecule has 6 nitrogen and oxygen atoms in total. The summed E-state index contributed by atoms with van der Waals surface area (Å²) in [5.74, 6) is -0.183. The van der Waals surface area contributed by atoms with Crippen molar-refractivity contribution in [3.8, 4) is 0 Å². The van der Waals surface area contributed by atoms with Crippen molar-refractivity contribution in [3.05, 3.63) is 34.0 Å². The number of hydrogen-bond donors (Lipinski definition) is 1. The Hall–Kier alpha value is -2.28. The maximum absolute atomic E-state index is 10.8. The summed E-state index contributed by atoms with van der Waals surface area (Å²) >= 11 is 1.14. The van der Waals surface area contributed by atoms with Crippen molar-refractivity contribution in [3.63, 3.8) is 0 Å². The van der Waals surface area contributed by atoms with Gasteiger partial charge in [0.25, 0.3) is 0 Å². The number of aromatic nitrogens is 3. The molecule has 0 unspecified atom stereocenters. The molecule has 0 aliphatic carbocycles. The lowest BCUT2D eigenvalue weighted by molar-refractivity contribution is 0.0702. The van der Waals surface area contributed by atoms with Crippen LogP contribution in [0.25, 0.3) is 12.2 Å². The van der Waals surface area contributed by atoms with Gasteiger partial charge in [-0.15, -0.1) is 11.3 Å². The van der Waals surface area contributed by atoms with Crippen LogP contribution in [-0.2, 0) is 0 Å². The molecule has 1 N–H and O–H groups in total. The summed E-state index contributed by atoms with van der Waals surface area (Å²) in [6, 6.07) is 0. The molecule has 0 atom stereocenters. The first-order chi connectivity index (χ1) is 10.2. The molecule has 2 aromatic heterocycles. The molecule has 3 heterocycles. The van der Waals surface area contributed by atoms with Crippen molar-refractivity contribution in [2.45, 2.75) is 12.8 Å². The average molecular weight is 302 g/mol. The molecule has 21 heavy (non-hydrogen) atoms. The SMILES string of the molecule is O=C(O)c1cnc(/C=C\c2cnc(N3CCCC3)nc2)s1. The summed E-state index contributed by atoms with van der Waals surface area (Å²) in [6.45, 7) is 2.04. The summed E-state index contributed by atoms with van der Waals surface area (Å²) in [5.41, 5.74) is 0.866. The molecular formula is C14H14N4O2S. The third-order valence-electron chi connectivity index (χ3n) is 3.20. The number of carboxylic acids is 1. The number of aromatic carboxylic acids is 1. The van der Waals surface area contributed by atoms with E-state index in [0.29, 0.717) is 5.01 Å². The second kappa shape index (κ2) is 6.01. The molecule has 3 rings (SSSR count). The van der Waals surface area contributed by atoms with Gasteiger partial charge in [0.15, 0.2) is 0 Å². The maximum Gasteiger partial charge on any atom is 0.347 e. The number of thiazole rings is 1. The third-order valence-corrected chi connectivity index (χ3v) is 4.15. The molecule has 2 aromatic rings. The third kappa shape index (κ3) is 3.25. The van der Waals surface area contributed by atoms with Gasteiger partial charge in [0.1, 0.15) is 9.88 Å². The zero-order valence-electron chi connectivity index (χ0n) is 11.3. The van der Waals surface area contributed by atoms with Crippen molar-refractivity contribution in [1.29, 1.82) is 0 Å². The number of carboxylic acid groups (broad SMARTS) is 1. The standard InChI is InChI=1S/C14H14N4O2S/c19-13(20)11-9-15-12(21-11)4-3-10-7-16-14(17-8-10)18-5-1-2-6-18/h3-4,7-9H,1-2,5-6H2,(H,19,20)/b4-3-. The lowest BCUT2D eigenvalue weighted by Crippen LogP contribution is -2.20. The molecule has 1 aliphatic heterocycles. The first-order valence-corrected chi connectivity index (χ1v) is 7.48. The second-order valence-corrected chi connectivity index (χ2v) is 5.77. The van der Waals surface area contributed by atoms with Gasteiger partial charge in [-0.05, 0) is 25.0 Å². The highest BCUT2D eigenvalue weighted by molar-refractivity contribution is 7.14. The first kappa shape index (κ1) is 13.7. The molecule has 0 amide bonds. The highest BCUT2D eigenvalue weighted by atomic mass is 32.1. The van der Waals surface area contributed by atoms with E-state index in [4.69, 9.17) is 5.11 Å². The van der Waals surface area contributed by atoms with E-state index in [1.165, 1.54) is 19.0 Å². The second-order valence-electron chi connectivity index (χ2n) is 4.71. The Balaban J connectivity index is 1.69. The van der Waals surface area contributed by atoms with E-state index >= 15 is 0 Å². The molecule has 0 bridgehead atoms. The number of anilines is 1. The van der Waals surface area contributed by atoms with Crippen LogP contribution in [0.4, 0.5) is 5.95 Å². The van der Waals surface area contributed by atoms with E-state index in [9.17, 15) is 4.79 Å². The predicted octanol–water partition coefficient (Wildman–Crippen LogP) is 2.40. The van der Waals surface area contributed by atoms with Gasteiger partial charge in [-0.3, -0.25) is 0 Å². The fraction of sp³-hybridized carbons (Fsp3) is 0.286. The molecule has 108 valence electrons. The smallest absolute Gasteiger partial charge is 0.347 e. The average Bonchev–Trinajstić information content (AvgIpc) is 3.17. The topological polar surface area (TPSA) is 79.2 Å². The molecule has 0 radical (unpaired) electrons. The molecule has 1 aliphatic rings. The Labute approximate surface area is 125 Å². The Bertz CT molecular complexity index is 660. The van der Waals surface area contributed by atoms with E-state index in [0.717, 1.165) is 35.9 Å². The fourth-order valence-electron chi connectivity index (χ4n) is 2.13. The van der Waals surface area contributed by atoms with E-state index in [1.807, 2.05) is 6.08 Å². The minimum Gasteiger partial charge on any atom is -0.477 e. The van der Waals surface area contributed by atoms with Gasteiger partial charge in [-0.1, -0.05) is 0 Å². The summed E-state index contributed by atoms with van der Waals surface area (Å²) in [7, 11) is 0. The fourth-order valence-corrected chi connectivity index (χ4v) is 2.79. The van der Waals surface area contributed by atoms with Crippen molar-refractivity contribution in [2.75, 3.05) is 18.0 Å². The van der Waals surface area contributed by atoms with Gasteiger partial charge in [-0.2, -0.15) is 0 Å². The lowest BCUT2D eigenvalue weighted by atomic mass is 10.3. The molecular weight excluding hydrogens is 288 g/mol. The summed E-state index contributed by atoms with van der Waals surface area (Å²) in [4.78, 5) is 25.9. The van der Waals surface area contributed by atoms with Crippen LogP contribution in [0.15, 0.2) is 18.6 Å². The number of hydrogen-bond acceptors (Lipinski definition) is 6. The number of carbonyl (C=O) groups is 1. The Kier molecular flexibility index (Phi) is 3.92. The largest absolute Gasteiger partial charge is 0.477 e. The summed E-state index contributed by atoms with van der Waals surface area (Å²) in [5, 5.41) is 9.49. The molecule has 0 saturated carbocycles. The number of rotatable bonds is 4. The van der Waals surface area contributed by atoms with Gasteiger partial charge in [0.2, 0.25) is 5.95 Å². The molecule has 1 fully saturated rings. The van der Waals surface area contributed by atoms with Gasteiger partial charge in [-0.25, -0.2) is 19.7 Å². The first-order valence-electron chi connectivity index (χ1n) is 6.66. The van der Waals surface area contributed by atoms with Crippen LogP contribution >= 0.6 is 11.3 Å². The van der Waals surface area contributed by atoms with E-state index in [-0.39, 0.29) is 4.88 Å². The van der Waals surface area contributed by atoms with Crippen LogP contribution in [0, 0.1) is 0 Å². The lowest BCUT2D eigenvalue weighted by Gasteiger charge is -2.14. The van der Waals surface area contributed by atoms with E-state index in [2.05, 4.69) is 19.9 Å². The van der Waals surface area contributed by atoms with Crippen molar-refractivity contribution >= 4 is 35.4 Å². The van der Waals surface area contributed by atoms with Crippen LogP contribution < -0.4 is 4.90 Å². The highest BCUT2D eigenvalue weighted by Gasteiger charge is 2.14. The molecule has 0 spiro atoms. The Morgan fingerprint density at radius 3 is 2.48 bits per heavy atom. The van der Waals surface area contributed by atoms with Gasteiger partial charge in [0.05, 0.1) is 6.20 Å². The Morgan fingerprint density at radius 2 is 1.86 bits per heavy atom. The van der Waals surface area contributed by atoms with Crippen molar-refractivity contribution in [1.82, 2.24) is 15.0 Å². The minimum absolute atomic E-state index is 0.232. The minimum atomic E-state index is -0.953. The Morgan fingerprint density at radius 1 is 1.14 bits per heavy atom. The highest BCUT2D eigenvalue weighted by Crippen LogP contribution is 2.17. The maximum atomic E-state index is 10.8. The molecule has 7 heteroatoms. The zero-order valence-corrected chi connectivity index (χ0v) is 12.1. The van der Waals surface area contributed by atoms with Crippen molar-refractivity contribution in [2.24, 2.45) is 0 Å². The molecule has 0 aromatic carbocycles. The van der Waals surface area contributed by atoms with E-state index in [1.54, 1.807) is 18.5 Å². The quantitative estimate of drug-likeness (QED) is 0.934. The van der Waals surface area contributed by atoms with Gasteiger partial charge in [0, 0.05) is 31.0 Å². The van der Waals surface area contributed by atoms with Gasteiger partial charge < -0.3 is 10.0 Å². The normalized spacial score (nSPS) is 15.0. The van der Waals surface area contributed by atoms with Crippen LogP contribution in [0.1, 0.15) is 33.1 Å². The van der Waals surface area contributed by atoms with E-state index < -0.39 is 5.97 Å². The van der Waals surface area contributed by atoms with Crippen LogP contribution in [-0.4, -0.2) is 39.1 Å². The van der Waals surface area contributed by atoms with Gasteiger partial charge >= 0.3 is 5.97 Å². The number of nitrogens with zero attached hydrogens (tertiary/aromatic N) is 4. The van der Waals surface area contributed by atoms with Crippen molar-refractivity contribution < 1.29 is 9.90 Å². The van der Waals surface area contributed by atoms with Crippen LogP contribution in [0.2, 0.25) is 0 Å². The monoisotopic (exact) mass is 302 g/mol. The molecule has 1 saturated heterocycles. The summed E-state index contributed by atoms with van der Waals surface area (Å²) < 4.78 is 0. The van der Waals surface area contributed by atoms with Crippen LogP contribution in [0.5, 0.6) is 0 Å².